The van der Waals surface area contributed by atoms with Crippen LogP contribution in [0.1, 0.15) is 48.9 Å². The number of fused-ring (bicyclic) bond motifs is 1. The molecule has 4 rings (SSSR count). The predicted octanol–water partition coefficient (Wildman–Crippen LogP) is 4.54. The van der Waals surface area contributed by atoms with E-state index >= 15 is 0 Å². The number of amides is 1. The number of ether oxygens (including phenoxy) is 1. The Bertz CT molecular complexity index is 846. The first-order chi connectivity index (χ1) is 13.1. The molecule has 1 amide bonds. The van der Waals surface area contributed by atoms with Gasteiger partial charge in [0.05, 0.1) is 29.6 Å². The summed E-state index contributed by atoms with van der Waals surface area (Å²) in [6.45, 7) is 0.838. The van der Waals surface area contributed by atoms with Crippen molar-refractivity contribution in [2.45, 2.75) is 44.6 Å². The van der Waals surface area contributed by atoms with Crippen molar-refractivity contribution in [1.82, 2.24) is 14.7 Å². The molecule has 2 aliphatic rings. The molecule has 1 aliphatic heterocycles. The third-order valence-electron chi connectivity index (χ3n) is 6.10. The number of benzene rings is 1. The van der Waals surface area contributed by atoms with E-state index in [1.54, 1.807) is 24.1 Å². The lowest BCUT2D eigenvalue weighted by molar-refractivity contribution is 0.0391. The van der Waals surface area contributed by atoms with Gasteiger partial charge in [-0.25, -0.2) is 0 Å². The van der Waals surface area contributed by atoms with E-state index in [9.17, 15) is 4.79 Å². The molecular formula is C21H26ClN3O2. The fourth-order valence-electron chi connectivity index (χ4n) is 4.76. The van der Waals surface area contributed by atoms with Gasteiger partial charge in [0, 0.05) is 25.2 Å². The number of rotatable bonds is 3. The quantitative estimate of drug-likeness (QED) is 0.776. The van der Waals surface area contributed by atoms with Crippen LogP contribution in [0.3, 0.4) is 0 Å². The molecule has 2 fully saturated rings. The highest BCUT2D eigenvalue weighted by molar-refractivity contribution is 6.33. The van der Waals surface area contributed by atoms with Crippen molar-refractivity contribution in [3.05, 3.63) is 35.0 Å². The molecule has 0 spiro atoms. The molecule has 1 aliphatic carbocycles. The molecule has 1 aromatic heterocycles. The topological polar surface area (TPSA) is 47.4 Å². The van der Waals surface area contributed by atoms with Gasteiger partial charge in [0.2, 0.25) is 0 Å². The maximum Gasteiger partial charge on any atom is 0.257 e. The van der Waals surface area contributed by atoms with Crippen LogP contribution in [0.25, 0.3) is 11.3 Å². The van der Waals surface area contributed by atoms with Crippen molar-refractivity contribution in [2.75, 3.05) is 13.7 Å². The Hall–Kier alpha value is -2.01. The van der Waals surface area contributed by atoms with Crippen LogP contribution in [0.2, 0.25) is 5.02 Å². The average Bonchev–Trinajstić information content (AvgIpc) is 3.08. The molecule has 0 radical (unpaired) electrons. The average molecular weight is 388 g/mol. The number of halogens is 1. The molecule has 5 nitrogen and oxygen atoms in total. The van der Waals surface area contributed by atoms with Crippen molar-refractivity contribution in [1.29, 1.82) is 0 Å². The Labute approximate surface area is 165 Å². The number of piperidine rings is 1. The third kappa shape index (κ3) is 3.33. The molecule has 1 saturated carbocycles. The van der Waals surface area contributed by atoms with E-state index in [0.29, 0.717) is 28.3 Å². The van der Waals surface area contributed by atoms with Gasteiger partial charge < -0.3 is 9.64 Å². The van der Waals surface area contributed by atoms with Gasteiger partial charge in [0.1, 0.15) is 5.75 Å². The monoisotopic (exact) mass is 387 g/mol. The molecule has 2 heterocycles. The van der Waals surface area contributed by atoms with Gasteiger partial charge >= 0.3 is 0 Å². The summed E-state index contributed by atoms with van der Waals surface area (Å²) in [5.74, 6) is 1.43. The highest BCUT2D eigenvalue weighted by atomic mass is 35.5. The summed E-state index contributed by atoms with van der Waals surface area (Å²) in [6, 6.07) is 5.91. The van der Waals surface area contributed by atoms with E-state index in [2.05, 4.69) is 10.00 Å². The summed E-state index contributed by atoms with van der Waals surface area (Å²) in [6.07, 6.45) is 8.90. The fourth-order valence-corrected chi connectivity index (χ4v) is 5.02. The molecule has 0 bridgehead atoms. The van der Waals surface area contributed by atoms with Gasteiger partial charge in [-0.05, 0) is 49.8 Å². The van der Waals surface area contributed by atoms with Crippen LogP contribution < -0.4 is 4.74 Å². The standard InChI is InChI=1S/C21H26ClN3O2/c1-24-20(16-10-9-15(27-2)12-18(16)22)17(13-23-24)21(26)25-11-5-7-14-6-3-4-8-19(14)25/h9-10,12-14,19H,3-8,11H2,1-2H3. The first-order valence-corrected chi connectivity index (χ1v) is 10.1. The molecule has 2 aromatic rings. The van der Waals surface area contributed by atoms with Gasteiger partial charge in [-0.3, -0.25) is 9.48 Å². The Morgan fingerprint density at radius 2 is 2.00 bits per heavy atom. The normalized spacial score (nSPS) is 22.4. The number of carbonyl (C=O) groups is 1. The van der Waals surface area contributed by atoms with Gasteiger partial charge in [0.25, 0.3) is 5.91 Å². The van der Waals surface area contributed by atoms with Crippen LogP contribution in [-0.2, 0) is 7.05 Å². The molecule has 144 valence electrons. The second-order valence-electron chi connectivity index (χ2n) is 7.63. The van der Waals surface area contributed by atoms with Crippen molar-refractivity contribution in [3.8, 4) is 17.0 Å². The minimum absolute atomic E-state index is 0.0848. The smallest absolute Gasteiger partial charge is 0.257 e. The first-order valence-electron chi connectivity index (χ1n) is 9.77. The summed E-state index contributed by atoms with van der Waals surface area (Å²) < 4.78 is 6.99. The molecule has 1 saturated heterocycles. The highest BCUT2D eigenvalue weighted by Gasteiger charge is 2.37. The van der Waals surface area contributed by atoms with Crippen molar-refractivity contribution >= 4 is 17.5 Å². The summed E-state index contributed by atoms with van der Waals surface area (Å²) in [5.41, 5.74) is 2.21. The van der Waals surface area contributed by atoms with Gasteiger partial charge in [0.15, 0.2) is 0 Å². The summed E-state index contributed by atoms with van der Waals surface area (Å²) >= 11 is 6.50. The second kappa shape index (κ2) is 7.55. The van der Waals surface area contributed by atoms with Crippen molar-refractivity contribution in [2.24, 2.45) is 13.0 Å². The first kappa shape index (κ1) is 18.4. The minimum atomic E-state index is 0.0848. The molecule has 0 N–H and O–H groups in total. The lowest BCUT2D eigenvalue weighted by Gasteiger charge is -2.44. The van der Waals surface area contributed by atoms with E-state index in [1.807, 2.05) is 19.2 Å². The zero-order valence-corrected chi connectivity index (χ0v) is 16.7. The number of likely N-dealkylation sites (tertiary alicyclic amines) is 1. The predicted molar refractivity (Wildman–Crippen MR) is 106 cm³/mol. The number of aryl methyl sites for hydroxylation is 1. The summed E-state index contributed by atoms with van der Waals surface area (Å²) in [7, 11) is 3.47. The van der Waals surface area contributed by atoms with Crippen LogP contribution in [0.4, 0.5) is 0 Å². The second-order valence-corrected chi connectivity index (χ2v) is 8.04. The molecule has 2 unspecified atom stereocenters. The number of hydrogen-bond acceptors (Lipinski definition) is 3. The maximum absolute atomic E-state index is 13.5. The minimum Gasteiger partial charge on any atom is -0.497 e. The number of carbonyl (C=O) groups excluding carboxylic acids is 1. The molecule has 6 heteroatoms. The zero-order chi connectivity index (χ0) is 19.0. The Kier molecular flexibility index (Phi) is 5.13. The Morgan fingerprint density at radius 1 is 1.22 bits per heavy atom. The molecule has 1 aromatic carbocycles. The molecule has 27 heavy (non-hydrogen) atoms. The van der Waals surface area contributed by atoms with Crippen LogP contribution in [-0.4, -0.2) is 40.3 Å². The lowest BCUT2D eigenvalue weighted by atomic mass is 9.78. The SMILES string of the molecule is COc1ccc(-c2c(C(=O)N3CCCC4CCCCC43)cnn2C)c(Cl)c1. The van der Waals surface area contributed by atoms with Crippen LogP contribution in [0.15, 0.2) is 24.4 Å². The molecular weight excluding hydrogens is 362 g/mol. The van der Waals surface area contributed by atoms with Crippen LogP contribution >= 0.6 is 11.6 Å². The van der Waals surface area contributed by atoms with Crippen LogP contribution in [0, 0.1) is 5.92 Å². The van der Waals surface area contributed by atoms with E-state index in [1.165, 1.54) is 25.7 Å². The van der Waals surface area contributed by atoms with E-state index in [-0.39, 0.29) is 5.91 Å². The van der Waals surface area contributed by atoms with Gasteiger partial charge in [-0.2, -0.15) is 5.10 Å². The van der Waals surface area contributed by atoms with E-state index < -0.39 is 0 Å². The molecule has 2 atom stereocenters. The zero-order valence-electron chi connectivity index (χ0n) is 15.9. The van der Waals surface area contributed by atoms with E-state index in [0.717, 1.165) is 30.6 Å². The Balaban J connectivity index is 1.70. The number of aromatic nitrogens is 2. The fraction of sp³-hybridized carbons (Fsp3) is 0.524. The Morgan fingerprint density at radius 3 is 2.78 bits per heavy atom. The number of nitrogens with zero attached hydrogens (tertiary/aromatic N) is 3. The van der Waals surface area contributed by atoms with E-state index in [4.69, 9.17) is 16.3 Å². The number of methoxy groups -OCH3 is 1. The maximum atomic E-state index is 13.5. The highest BCUT2D eigenvalue weighted by Crippen LogP contribution is 2.38. The summed E-state index contributed by atoms with van der Waals surface area (Å²) in [4.78, 5) is 15.6. The van der Waals surface area contributed by atoms with Gasteiger partial charge in [-0.15, -0.1) is 0 Å². The number of hydrogen-bond donors (Lipinski definition) is 0. The summed E-state index contributed by atoms with van der Waals surface area (Å²) in [5, 5.41) is 4.93. The largest absolute Gasteiger partial charge is 0.497 e. The van der Waals surface area contributed by atoms with Crippen molar-refractivity contribution < 1.29 is 9.53 Å². The van der Waals surface area contributed by atoms with Crippen molar-refractivity contribution in [3.63, 3.8) is 0 Å². The van der Waals surface area contributed by atoms with Gasteiger partial charge in [-0.1, -0.05) is 24.4 Å². The lowest BCUT2D eigenvalue weighted by Crippen LogP contribution is -2.49. The third-order valence-corrected chi connectivity index (χ3v) is 6.42. The van der Waals surface area contributed by atoms with Crippen LogP contribution in [0.5, 0.6) is 5.75 Å².